The molecule has 0 radical (unpaired) electrons. The summed E-state index contributed by atoms with van der Waals surface area (Å²) >= 11 is 0. The molecule has 0 fully saturated rings. The van der Waals surface area contributed by atoms with Gasteiger partial charge in [-0.25, -0.2) is 4.39 Å². The Labute approximate surface area is 181 Å². The summed E-state index contributed by atoms with van der Waals surface area (Å²) in [5.41, 5.74) is 6.84. The maximum Gasteiger partial charge on any atom is 0.251 e. The number of halogens is 1. The van der Waals surface area contributed by atoms with Crippen molar-refractivity contribution in [3.05, 3.63) is 100 Å². The summed E-state index contributed by atoms with van der Waals surface area (Å²) < 4.78 is 15.8. The highest BCUT2D eigenvalue weighted by atomic mass is 19.1. The van der Waals surface area contributed by atoms with E-state index in [0.29, 0.717) is 18.7 Å². The molecule has 4 aromatic rings. The number of carbonyl (C=O) groups is 1. The Bertz CT molecular complexity index is 1260. The second-order valence-corrected chi connectivity index (χ2v) is 7.75. The van der Waals surface area contributed by atoms with Crippen LogP contribution < -0.4 is 10.6 Å². The summed E-state index contributed by atoms with van der Waals surface area (Å²) in [4.78, 5) is 12.8. The molecule has 0 aliphatic rings. The van der Waals surface area contributed by atoms with E-state index in [1.807, 2.05) is 55.6 Å². The van der Waals surface area contributed by atoms with Crippen LogP contribution in [-0.2, 0) is 13.1 Å². The second kappa shape index (κ2) is 8.64. The van der Waals surface area contributed by atoms with Crippen LogP contribution in [0, 0.1) is 19.7 Å². The van der Waals surface area contributed by atoms with Crippen LogP contribution in [0.5, 0.6) is 0 Å². The van der Waals surface area contributed by atoms with Crippen molar-refractivity contribution in [3.63, 3.8) is 0 Å². The van der Waals surface area contributed by atoms with Gasteiger partial charge in [-0.1, -0.05) is 30.3 Å². The lowest BCUT2D eigenvalue weighted by Crippen LogP contribution is -2.23. The van der Waals surface area contributed by atoms with Gasteiger partial charge in [-0.2, -0.15) is 0 Å². The quantitative estimate of drug-likeness (QED) is 0.442. The summed E-state index contributed by atoms with van der Waals surface area (Å²) in [6, 6.07) is 20.3. The van der Waals surface area contributed by atoms with E-state index in [1.165, 1.54) is 6.07 Å². The van der Waals surface area contributed by atoms with E-state index in [0.717, 1.165) is 39.0 Å². The van der Waals surface area contributed by atoms with Gasteiger partial charge in [0.25, 0.3) is 5.91 Å². The molecule has 0 aliphatic carbocycles. The van der Waals surface area contributed by atoms with Crippen LogP contribution in [0.3, 0.4) is 0 Å². The van der Waals surface area contributed by atoms with Gasteiger partial charge >= 0.3 is 0 Å². The summed E-state index contributed by atoms with van der Waals surface area (Å²) in [5.74, 6) is -0.343. The third-order valence-electron chi connectivity index (χ3n) is 5.86. The number of amides is 1. The van der Waals surface area contributed by atoms with Crippen LogP contribution in [0.1, 0.15) is 32.7 Å². The lowest BCUT2D eigenvalue weighted by atomic mass is 10.1. The number of carbonyl (C=O) groups excluding carboxylic acids is 1. The van der Waals surface area contributed by atoms with Gasteiger partial charge in [-0.3, -0.25) is 4.79 Å². The first-order valence-corrected chi connectivity index (χ1v) is 10.4. The van der Waals surface area contributed by atoms with Gasteiger partial charge in [0, 0.05) is 48.0 Å². The molecule has 1 amide bonds. The number of hydrogen-bond donors (Lipinski definition) is 2. The number of rotatable bonds is 6. The molecule has 0 bridgehead atoms. The lowest BCUT2D eigenvalue weighted by Gasteiger charge is -2.11. The number of aryl methyl sites for hydroxylation is 1. The average Bonchev–Trinajstić information content (AvgIpc) is 3.02. The van der Waals surface area contributed by atoms with E-state index in [-0.39, 0.29) is 11.7 Å². The molecule has 0 saturated carbocycles. The molecule has 0 atom stereocenters. The van der Waals surface area contributed by atoms with Crippen LogP contribution in [0.4, 0.5) is 10.1 Å². The predicted octanol–water partition coefficient (Wildman–Crippen LogP) is 5.42. The highest BCUT2D eigenvalue weighted by molar-refractivity contribution is 5.99. The fraction of sp³-hybridized carbons (Fsp3) is 0.192. The Kier molecular flexibility index (Phi) is 5.76. The molecule has 4 nitrogen and oxygen atoms in total. The van der Waals surface area contributed by atoms with Gasteiger partial charge < -0.3 is 15.2 Å². The molecule has 158 valence electrons. The SMILES string of the molecule is CNc1ccccc1CNC(=O)c1ccc2c(c1)c(C)c(C)n2Cc1cccc(F)c1. The summed E-state index contributed by atoms with van der Waals surface area (Å²) in [7, 11) is 1.87. The van der Waals surface area contributed by atoms with E-state index in [2.05, 4.69) is 29.0 Å². The molecular weight excluding hydrogens is 389 g/mol. The molecule has 2 N–H and O–H groups in total. The van der Waals surface area contributed by atoms with Crippen molar-refractivity contribution < 1.29 is 9.18 Å². The third-order valence-corrected chi connectivity index (χ3v) is 5.86. The van der Waals surface area contributed by atoms with Crippen molar-refractivity contribution >= 4 is 22.5 Å². The number of nitrogens with one attached hydrogen (secondary N) is 2. The van der Waals surface area contributed by atoms with Crippen LogP contribution in [-0.4, -0.2) is 17.5 Å². The van der Waals surface area contributed by atoms with Crippen molar-refractivity contribution in [2.24, 2.45) is 0 Å². The number of benzene rings is 3. The highest BCUT2D eigenvalue weighted by Crippen LogP contribution is 2.27. The van der Waals surface area contributed by atoms with Crippen LogP contribution in [0.2, 0.25) is 0 Å². The van der Waals surface area contributed by atoms with Gasteiger partial charge in [0.1, 0.15) is 5.82 Å². The minimum Gasteiger partial charge on any atom is -0.388 e. The molecule has 31 heavy (non-hydrogen) atoms. The molecule has 0 spiro atoms. The number of hydrogen-bond acceptors (Lipinski definition) is 2. The Morgan fingerprint density at radius 1 is 1.00 bits per heavy atom. The smallest absolute Gasteiger partial charge is 0.251 e. The maximum atomic E-state index is 13.6. The minimum atomic E-state index is -0.234. The van der Waals surface area contributed by atoms with E-state index in [4.69, 9.17) is 0 Å². The molecule has 0 aliphatic heterocycles. The van der Waals surface area contributed by atoms with Crippen molar-refractivity contribution in [1.29, 1.82) is 0 Å². The Morgan fingerprint density at radius 3 is 2.58 bits per heavy atom. The summed E-state index contributed by atoms with van der Waals surface area (Å²) in [6.45, 7) is 5.15. The molecule has 1 aromatic heterocycles. The van der Waals surface area contributed by atoms with E-state index in [1.54, 1.807) is 12.1 Å². The number of para-hydroxylation sites is 1. The number of aromatic nitrogens is 1. The number of fused-ring (bicyclic) bond motifs is 1. The predicted molar refractivity (Wildman–Crippen MR) is 124 cm³/mol. The first-order valence-electron chi connectivity index (χ1n) is 10.4. The lowest BCUT2D eigenvalue weighted by molar-refractivity contribution is 0.0951. The molecule has 0 unspecified atom stereocenters. The number of nitrogens with zero attached hydrogens (tertiary/aromatic N) is 1. The average molecular weight is 416 g/mol. The Balaban J connectivity index is 1.59. The van der Waals surface area contributed by atoms with Crippen LogP contribution in [0.15, 0.2) is 66.7 Å². The zero-order valence-corrected chi connectivity index (χ0v) is 18.0. The van der Waals surface area contributed by atoms with E-state index < -0.39 is 0 Å². The zero-order valence-electron chi connectivity index (χ0n) is 18.0. The van der Waals surface area contributed by atoms with Crippen molar-refractivity contribution in [3.8, 4) is 0 Å². The normalized spacial score (nSPS) is 11.0. The largest absolute Gasteiger partial charge is 0.388 e. The Hall–Kier alpha value is -3.60. The van der Waals surface area contributed by atoms with Gasteiger partial charge in [-0.15, -0.1) is 0 Å². The van der Waals surface area contributed by atoms with Crippen molar-refractivity contribution in [2.45, 2.75) is 26.9 Å². The zero-order chi connectivity index (χ0) is 22.0. The van der Waals surface area contributed by atoms with E-state index >= 15 is 0 Å². The summed E-state index contributed by atoms with van der Waals surface area (Å²) in [5, 5.41) is 7.20. The second-order valence-electron chi connectivity index (χ2n) is 7.75. The van der Waals surface area contributed by atoms with Crippen molar-refractivity contribution in [1.82, 2.24) is 9.88 Å². The molecule has 0 saturated heterocycles. The number of anilines is 1. The molecular formula is C26H26FN3O. The highest BCUT2D eigenvalue weighted by Gasteiger charge is 2.15. The third kappa shape index (κ3) is 4.17. The van der Waals surface area contributed by atoms with E-state index in [9.17, 15) is 9.18 Å². The van der Waals surface area contributed by atoms with Gasteiger partial charge in [0.2, 0.25) is 0 Å². The first-order chi connectivity index (χ1) is 15.0. The Morgan fingerprint density at radius 2 is 1.81 bits per heavy atom. The van der Waals surface area contributed by atoms with Crippen LogP contribution >= 0.6 is 0 Å². The fourth-order valence-corrected chi connectivity index (χ4v) is 4.01. The summed E-state index contributed by atoms with van der Waals surface area (Å²) in [6.07, 6.45) is 0. The monoisotopic (exact) mass is 415 g/mol. The minimum absolute atomic E-state index is 0.109. The van der Waals surface area contributed by atoms with Crippen LogP contribution in [0.25, 0.3) is 10.9 Å². The van der Waals surface area contributed by atoms with Gasteiger partial charge in [-0.05, 0) is 66.9 Å². The first kappa shape index (κ1) is 20.7. The van der Waals surface area contributed by atoms with Gasteiger partial charge in [0.05, 0.1) is 0 Å². The molecule has 5 heteroatoms. The molecule has 1 heterocycles. The van der Waals surface area contributed by atoms with Crippen molar-refractivity contribution in [2.75, 3.05) is 12.4 Å². The maximum absolute atomic E-state index is 13.6. The fourth-order valence-electron chi connectivity index (χ4n) is 4.01. The standard InChI is InChI=1S/C26H26FN3O/c1-17-18(2)30(16-19-7-6-9-22(27)13-19)25-12-11-20(14-23(17)25)26(31)29-15-21-8-4-5-10-24(21)28-3/h4-14,28H,15-16H2,1-3H3,(H,29,31). The topological polar surface area (TPSA) is 46.1 Å². The molecule has 4 rings (SSSR count). The van der Waals surface area contributed by atoms with Gasteiger partial charge in [0.15, 0.2) is 0 Å². The molecule has 3 aromatic carbocycles.